The summed E-state index contributed by atoms with van der Waals surface area (Å²) in [6.07, 6.45) is 2.24. The first-order chi connectivity index (χ1) is 13.7. The zero-order chi connectivity index (χ0) is 19.5. The van der Waals surface area contributed by atoms with E-state index in [1.807, 2.05) is 41.9 Å². The second kappa shape index (κ2) is 7.87. The Labute approximate surface area is 167 Å². The monoisotopic (exact) mass is 389 g/mol. The molecule has 7 heteroatoms. The van der Waals surface area contributed by atoms with Crippen molar-refractivity contribution in [1.82, 2.24) is 14.8 Å². The molecule has 1 aliphatic carbocycles. The molecule has 0 radical (unpaired) electrons. The number of amides is 1. The minimum atomic E-state index is -0.398. The maximum Gasteiger partial charge on any atom is 0.237 e. The summed E-state index contributed by atoms with van der Waals surface area (Å²) in [5.41, 5.74) is 1.93. The molecule has 3 aromatic rings. The molecule has 1 fully saturated rings. The number of nitrogens with zero attached hydrogens (tertiary/aromatic N) is 4. The Bertz CT molecular complexity index is 1040. The second-order valence-electron chi connectivity index (χ2n) is 6.68. The molecule has 0 spiro atoms. The predicted molar refractivity (Wildman–Crippen MR) is 108 cm³/mol. The second-order valence-corrected chi connectivity index (χ2v) is 7.99. The van der Waals surface area contributed by atoms with E-state index in [1.54, 1.807) is 24.3 Å². The Balaban J connectivity index is 1.51. The first-order valence-electron chi connectivity index (χ1n) is 9.14. The predicted octanol–water partition coefficient (Wildman–Crippen LogP) is 4.14. The van der Waals surface area contributed by atoms with Crippen LogP contribution in [0.1, 0.15) is 37.1 Å². The molecule has 4 rings (SSSR count). The van der Waals surface area contributed by atoms with Crippen molar-refractivity contribution in [2.45, 2.75) is 36.1 Å². The fourth-order valence-corrected chi connectivity index (χ4v) is 3.61. The van der Waals surface area contributed by atoms with Crippen molar-refractivity contribution in [3.05, 3.63) is 66.0 Å². The van der Waals surface area contributed by atoms with Crippen molar-refractivity contribution in [2.75, 3.05) is 5.32 Å². The molecule has 0 aliphatic heterocycles. The topological polar surface area (TPSA) is 83.6 Å². The van der Waals surface area contributed by atoms with Crippen molar-refractivity contribution in [3.63, 3.8) is 0 Å². The van der Waals surface area contributed by atoms with Gasteiger partial charge in [0.1, 0.15) is 11.9 Å². The molecule has 1 heterocycles. The van der Waals surface area contributed by atoms with Crippen LogP contribution in [0.2, 0.25) is 0 Å². The number of hydrogen-bond donors (Lipinski definition) is 1. The van der Waals surface area contributed by atoms with Gasteiger partial charge in [-0.05, 0) is 44.0 Å². The third-order valence-electron chi connectivity index (χ3n) is 4.51. The van der Waals surface area contributed by atoms with Crippen LogP contribution < -0.4 is 5.32 Å². The summed E-state index contributed by atoms with van der Waals surface area (Å²) in [5, 5.41) is 16.8. The molecule has 1 N–H and O–H groups in total. The lowest BCUT2D eigenvalue weighted by Gasteiger charge is -2.11. The number of aromatic nitrogens is 3. The molecular weight excluding hydrogens is 370 g/mol. The summed E-state index contributed by atoms with van der Waals surface area (Å²) in [4.78, 5) is 17.3. The number of nitriles is 1. The van der Waals surface area contributed by atoms with Gasteiger partial charge in [-0.3, -0.25) is 4.79 Å². The van der Waals surface area contributed by atoms with Crippen molar-refractivity contribution in [3.8, 4) is 11.8 Å². The van der Waals surface area contributed by atoms with E-state index in [0.29, 0.717) is 22.3 Å². The van der Waals surface area contributed by atoms with Gasteiger partial charge in [-0.25, -0.2) is 9.67 Å². The van der Waals surface area contributed by atoms with Gasteiger partial charge in [0.15, 0.2) is 0 Å². The molecule has 0 bridgehead atoms. The largest absolute Gasteiger partial charge is 0.324 e. The van der Waals surface area contributed by atoms with Gasteiger partial charge < -0.3 is 5.32 Å². The Hall–Kier alpha value is -3.11. The number of carbonyl (C=O) groups excluding carboxylic acids is 1. The molecule has 1 aliphatic rings. The van der Waals surface area contributed by atoms with Crippen LogP contribution in [0, 0.1) is 11.3 Å². The minimum Gasteiger partial charge on any atom is -0.324 e. The molecule has 28 heavy (non-hydrogen) atoms. The lowest BCUT2D eigenvalue weighted by Crippen LogP contribution is -2.23. The summed E-state index contributed by atoms with van der Waals surface area (Å²) >= 11 is 1.32. The van der Waals surface area contributed by atoms with E-state index in [9.17, 15) is 10.1 Å². The van der Waals surface area contributed by atoms with E-state index in [0.717, 1.165) is 24.4 Å². The maximum atomic E-state index is 12.6. The SMILES string of the molecule is C[C@H](Sc1nc(C2CC2)n(-c2ccccc2)n1)C(=O)Nc1ccccc1C#N. The molecular formula is C21H19N5OS. The van der Waals surface area contributed by atoms with E-state index in [4.69, 9.17) is 4.98 Å². The van der Waals surface area contributed by atoms with Crippen molar-refractivity contribution >= 4 is 23.4 Å². The minimum absolute atomic E-state index is 0.184. The standard InChI is InChI=1S/C21H19N5OS/c1-14(20(27)23-18-10-6-5-7-16(18)13-22)28-21-24-19(15-11-12-15)26(25-21)17-8-3-2-4-9-17/h2-10,14-15H,11-12H2,1H3,(H,23,27)/t14-/m0/s1. The van der Waals surface area contributed by atoms with Crippen LogP contribution in [0.15, 0.2) is 59.8 Å². The molecule has 6 nitrogen and oxygen atoms in total. The Morgan fingerprint density at radius 3 is 2.64 bits per heavy atom. The maximum absolute atomic E-state index is 12.6. The van der Waals surface area contributed by atoms with Gasteiger partial charge in [-0.1, -0.05) is 42.1 Å². The highest BCUT2D eigenvalue weighted by Crippen LogP contribution is 2.40. The number of hydrogen-bond acceptors (Lipinski definition) is 5. The number of nitrogens with one attached hydrogen (secondary N) is 1. The van der Waals surface area contributed by atoms with Gasteiger partial charge in [0, 0.05) is 5.92 Å². The Morgan fingerprint density at radius 1 is 1.21 bits per heavy atom. The summed E-state index contributed by atoms with van der Waals surface area (Å²) < 4.78 is 1.88. The summed E-state index contributed by atoms with van der Waals surface area (Å²) in [5.74, 6) is 1.21. The average molecular weight is 389 g/mol. The van der Waals surface area contributed by atoms with Crippen LogP contribution >= 0.6 is 11.8 Å². The quantitative estimate of drug-likeness (QED) is 0.641. The molecule has 1 atom stereocenters. The highest BCUT2D eigenvalue weighted by atomic mass is 32.2. The lowest BCUT2D eigenvalue weighted by molar-refractivity contribution is -0.115. The van der Waals surface area contributed by atoms with Crippen LogP contribution in [0.4, 0.5) is 5.69 Å². The third-order valence-corrected chi connectivity index (χ3v) is 5.46. The first-order valence-corrected chi connectivity index (χ1v) is 10.0. The zero-order valence-electron chi connectivity index (χ0n) is 15.4. The highest BCUT2D eigenvalue weighted by Gasteiger charge is 2.31. The molecule has 0 saturated heterocycles. The number of anilines is 1. The van der Waals surface area contributed by atoms with E-state index >= 15 is 0 Å². The smallest absolute Gasteiger partial charge is 0.237 e. The molecule has 1 amide bonds. The molecule has 1 saturated carbocycles. The number of rotatable bonds is 6. The van der Waals surface area contributed by atoms with Gasteiger partial charge in [-0.2, -0.15) is 5.26 Å². The van der Waals surface area contributed by atoms with E-state index < -0.39 is 5.25 Å². The van der Waals surface area contributed by atoms with Gasteiger partial charge in [-0.15, -0.1) is 5.10 Å². The number of carbonyl (C=O) groups is 1. The van der Waals surface area contributed by atoms with E-state index in [2.05, 4.69) is 16.5 Å². The molecule has 0 unspecified atom stereocenters. The average Bonchev–Trinajstić information content (AvgIpc) is 3.49. The van der Waals surface area contributed by atoms with Gasteiger partial charge in [0.05, 0.1) is 22.2 Å². The molecule has 2 aromatic carbocycles. The number of thioether (sulfide) groups is 1. The summed E-state index contributed by atoms with van der Waals surface area (Å²) in [7, 11) is 0. The zero-order valence-corrected chi connectivity index (χ0v) is 16.2. The van der Waals surface area contributed by atoms with Crippen molar-refractivity contribution in [2.24, 2.45) is 0 Å². The van der Waals surface area contributed by atoms with Crippen LogP contribution in [0.3, 0.4) is 0 Å². The van der Waals surface area contributed by atoms with E-state index in [-0.39, 0.29) is 5.91 Å². The normalized spacial score (nSPS) is 14.3. The molecule has 140 valence electrons. The van der Waals surface area contributed by atoms with Crippen LogP contribution in [-0.4, -0.2) is 25.9 Å². The van der Waals surface area contributed by atoms with Crippen LogP contribution in [-0.2, 0) is 4.79 Å². The fourth-order valence-electron chi connectivity index (χ4n) is 2.85. The van der Waals surface area contributed by atoms with Gasteiger partial charge in [0.2, 0.25) is 11.1 Å². The van der Waals surface area contributed by atoms with Crippen LogP contribution in [0.5, 0.6) is 0 Å². The summed E-state index contributed by atoms with van der Waals surface area (Å²) in [6.45, 7) is 1.81. The number of benzene rings is 2. The fraction of sp³-hybridized carbons (Fsp3) is 0.238. The van der Waals surface area contributed by atoms with Gasteiger partial charge in [0.25, 0.3) is 0 Å². The number of para-hydroxylation sites is 2. The van der Waals surface area contributed by atoms with E-state index in [1.165, 1.54) is 11.8 Å². The Morgan fingerprint density at radius 2 is 1.93 bits per heavy atom. The third kappa shape index (κ3) is 3.92. The van der Waals surface area contributed by atoms with Gasteiger partial charge >= 0.3 is 0 Å². The highest BCUT2D eigenvalue weighted by molar-refractivity contribution is 8.00. The lowest BCUT2D eigenvalue weighted by atomic mass is 10.2. The molecule has 1 aromatic heterocycles. The summed E-state index contributed by atoms with van der Waals surface area (Å²) in [6, 6.07) is 19.0. The van der Waals surface area contributed by atoms with Crippen LogP contribution in [0.25, 0.3) is 5.69 Å². The Kier molecular flexibility index (Phi) is 5.13. The van der Waals surface area contributed by atoms with Crippen molar-refractivity contribution in [1.29, 1.82) is 5.26 Å². The van der Waals surface area contributed by atoms with Crippen molar-refractivity contribution < 1.29 is 4.79 Å². The first kappa shape index (κ1) is 18.3.